The molecular formula is C28H25N3O3. The van der Waals surface area contributed by atoms with Gasteiger partial charge in [-0.25, -0.2) is 9.78 Å². The summed E-state index contributed by atoms with van der Waals surface area (Å²) in [5.41, 5.74) is 5.74. The SMILES string of the molecule is COC(=O)c1cccc(COC(c2ccc(C#N)c(-c3ccccc3C)c2)c2nccn2C)c1. The molecule has 4 rings (SSSR count). The van der Waals surface area contributed by atoms with Crippen molar-refractivity contribution in [3.63, 3.8) is 0 Å². The molecule has 1 unspecified atom stereocenters. The molecule has 0 radical (unpaired) electrons. The van der Waals surface area contributed by atoms with Crippen molar-refractivity contribution in [3.8, 4) is 17.2 Å². The van der Waals surface area contributed by atoms with Crippen molar-refractivity contribution < 1.29 is 14.3 Å². The van der Waals surface area contributed by atoms with Crippen LogP contribution in [0.4, 0.5) is 0 Å². The first-order valence-electron chi connectivity index (χ1n) is 10.9. The number of nitrogens with zero attached hydrogens (tertiary/aromatic N) is 3. The lowest BCUT2D eigenvalue weighted by atomic mass is 9.93. The summed E-state index contributed by atoms with van der Waals surface area (Å²) in [4.78, 5) is 16.4. The van der Waals surface area contributed by atoms with E-state index in [4.69, 9.17) is 9.47 Å². The number of carbonyl (C=O) groups excluding carboxylic acids is 1. The minimum atomic E-state index is -0.475. The minimum Gasteiger partial charge on any atom is -0.465 e. The number of ether oxygens (including phenoxy) is 2. The molecule has 0 aliphatic carbocycles. The lowest BCUT2D eigenvalue weighted by molar-refractivity contribution is 0.0580. The molecule has 0 N–H and O–H groups in total. The second-order valence-electron chi connectivity index (χ2n) is 8.01. The van der Waals surface area contributed by atoms with E-state index in [1.54, 1.807) is 24.4 Å². The van der Waals surface area contributed by atoms with E-state index in [1.807, 2.05) is 73.3 Å². The van der Waals surface area contributed by atoms with E-state index in [-0.39, 0.29) is 6.61 Å². The van der Waals surface area contributed by atoms with E-state index < -0.39 is 12.1 Å². The third-order valence-electron chi connectivity index (χ3n) is 5.76. The third kappa shape index (κ3) is 4.75. The van der Waals surface area contributed by atoms with Gasteiger partial charge in [-0.1, -0.05) is 42.5 Å². The molecule has 0 aliphatic rings. The summed E-state index contributed by atoms with van der Waals surface area (Å²) >= 11 is 0. The van der Waals surface area contributed by atoms with Crippen LogP contribution in [-0.2, 0) is 23.1 Å². The molecule has 0 bridgehead atoms. The van der Waals surface area contributed by atoms with Gasteiger partial charge in [-0.2, -0.15) is 5.26 Å². The zero-order valence-electron chi connectivity index (χ0n) is 19.4. The Balaban J connectivity index is 1.73. The van der Waals surface area contributed by atoms with E-state index in [0.29, 0.717) is 11.1 Å². The van der Waals surface area contributed by atoms with Crippen molar-refractivity contribution in [2.75, 3.05) is 7.11 Å². The maximum atomic E-state index is 11.9. The van der Waals surface area contributed by atoms with E-state index in [0.717, 1.165) is 33.6 Å². The monoisotopic (exact) mass is 451 g/mol. The number of benzene rings is 3. The van der Waals surface area contributed by atoms with Crippen molar-refractivity contribution >= 4 is 5.97 Å². The summed E-state index contributed by atoms with van der Waals surface area (Å²) in [7, 11) is 3.28. The van der Waals surface area contributed by atoms with Crippen molar-refractivity contribution in [3.05, 3.63) is 113 Å². The van der Waals surface area contributed by atoms with Crippen molar-refractivity contribution in [2.24, 2.45) is 7.05 Å². The fraction of sp³-hybridized carbons (Fsp3) is 0.179. The largest absolute Gasteiger partial charge is 0.465 e. The number of rotatable bonds is 7. The first-order chi connectivity index (χ1) is 16.5. The lowest BCUT2D eigenvalue weighted by Gasteiger charge is -2.20. The van der Waals surface area contributed by atoms with Crippen LogP contribution in [0.5, 0.6) is 0 Å². The molecule has 0 fully saturated rings. The summed E-state index contributed by atoms with van der Waals surface area (Å²) in [5.74, 6) is 0.349. The minimum absolute atomic E-state index is 0.266. The number of aryl methyl sites for hydroxylation is 2. The van der Waals surface area contributed by atoms with Crippen LogP contribution in [0.1, 0.15) is 44.5 Å². The fourth-order valence-corrected chi connectivity index (χ4v) is 3.96. The van der Waals surface area contributed by atoms with Crippen LogP contribution in [-0.4, -0.2) is 22.6 Å². The second kappa shape index (κ2) is 10.2. The zero-order valence-corrected chi connectivity index (χ0v) is 19.4. The van der Waals surface area contributed by atoms with Gasteiger partial charge in [0.05, 0.1) is 30.9 Å². The van der Waals surface area contributed by atoms with Gasteiger partial charge in [0, 0.05) is 25.0 Å². The molecule has 1 atom stereocenters. The topological polar surface area (TPSA) is 77.1 Å². The number of carbonyl (C=O) groups is 1. The van der Waals surface area contributed by atoms with Crippen molar-refractivity contribution in [2.45, 2.75) is 19.6 Å². The van der Waals surface area contributed by atoms with Gasteiger partial charge in [0.25, 0.3) is 0 Å². The zero-order chi connectivity index (χ0) is 24.1. The molecule has 170 valence electrons. The summed E-state index contributed by atoms with van der Waals surface area (Å²) in [6, 6.07) is 23.2. The highest BCUT2D eigenvalue weighted by Crippen LogP contribution is 2.33. The summed E-state index contributed by atoms with van der Waals surface area (Å²) in [6.07, 6.45) is 3.13. The Labute approximate surface area is 199 Å². The number of esters is 1. The van der Waals surface area contributed by atoms with Gasteiger partial charge in [0.1, 0.15) is 11.9 Å². The highest BCUT2D eigenvalue weighted by Gasteiger charge is 2.22. The predicted octanol–water partition coefficient (Wildman–Crippen LogP) is 5.36. The van der Waals surface area contributed by atoms with Crippen molar-refractivity contribution in [1.82, 2.24) is 9.55 Å². The highest BCUT2D eigenvalue weighted by atomic mass is 16.5. The third-order valence-corrected chi connectivity index (χ3v) is 5.76. The van der Waals surface area contributed by atoms with Gasteiger partial charge < -0.3 is 14.0 Å². The maximum absolute atomic E-state index is 11.9. The fourth-order valence-electron chi connectivity index (χ4n) is 3.96. The molecule has 1 heterocycles. The number of hydrogen-bond donors (Lipinski definition) is 0. The summed E-state index contributed by atoms with van der Waals surface area (Å²) < 4.78 is 13.1. The number of hydrogen-bond acceptors (Lipinski definition) is 5. The summed E-state index contributed by atoms with van der Waals surface area (Å²) in [5, 5.41) is 9.74. The van der Waals surface area contributed by atoms with Crippen LogP contribution in [0.15, 0.2) is 79.1 Å². The van der Waals surface area contributed by atoms with Crippen LogP contribution in [0.25, 0.3) is 11.1 Å². The molecule has 0 saturated carbocycles. The number of aromatic nitrogens is 2. The van der Waals surface area contributed by atoms with E-state index in [9.17, 15) is 10.1 Å². The normalized spacial score (nSPS) is 11.6. The molecule has 34 heavy (non-hydrogen) atoms. The van der Waals surface area contributed by atoms with Crippen LogP contribution in [0, 0.1) is 18.3 Å². The highest BCUT2D eigenvalue weighted by molar-refractivity contribution is 5.89. The first kappa shape index (κ1) is 23.0. The first-order valence-corrected chi connectivity index (χ1v) is 10.9. The average Bonchev–Trinajstić information content (AvgIpc) is 3.29. The Hall–Kier alpha value is -4.21. The molecule has 0 amide bonds. The standard InChI is InChI=1S/C28H25N3O3/c1-19-7-4-5-10-24(19)25-16-21(11-12-23(25)17-29)26(27-30-13-14-31(27)2)34-18-20-8-6-9-22(15-20)28(32)33-3/h4-16,26H,18H2,1-3H3. The van der Waals surface area contributed by atoms with E-state index in [1.165, 1.54) is 7.11 Å². The van der Waals surface area contributed by atoms with Gasteiger partial charge in [0.15, 0.2) is 0 Å². The molecule has 6 heteroatoms. The van der Waals surface area contributed by atoms with Crippen molar-refractivity contribution in [1.29, 1.82) is 5.26 Å². The van der Waals surface area contributed by atoms with Gasteiger partial charge >= 0.3 is 5.97 Å². The molecular weight excluding hydrogens is 426 g/mol. The van der Waals surface area contributed by atoms with E-state index >= 15 is 0 Å². The van der Waals surface area contributed by atoms with Crippen LogP contribution in [0.2, 0.25) is 0 Å². The molecule has 1 aromatic heterocycles. The molecule has 0 saturated heterocycles. The van der Waals surface area contributed by atoms with Gasteiger partial charge in [0.2, 0.25) is 0 Å². The van der Waals surface area contributed by atoms with Gasteiger partial charge in [-0.3, -0.25) is 0 Å². The van der Waals surface area contributed by atoms with Crippen LogP contribution < -0.4 is 0 Å². The number of methoxy groups -OCH3 is 1. The van der Waals surface area contributed by atoms with Crippen LogP contribution >= 0.6 is 0 Å². The number of imidazole rings is 1. The number of nitriles is 1. The maximum Gasteiger partial charge on any atom is 0.337 e. The summed E-state index contributed by atoms with van der Waals surface area (Å²) in [6.45, 7) is 2.30. The Morgan fingerprint density at radius 1 is 1.09 bits per heavy atom. The molecule has 4 aromatic rings. The van der Waals surface area contributed by atoms with E-state index in [2.05, 4.69) is 11.1 Å². The lowest BCUT2D eigenvalue weighted by Crippen LogP contribution is -2.12. The Kier molecular flexibility index (Phi) is 6.86. The quantitative estimate of drug-likeness (QED) is 0.354. The Morgan fingerprint density at radius 2 is 1.91 bits per heavy atom. The second-order valence-corrected chi connectivity index (χ2v) is 8.01. The smallest absolute Gasteiger partial charge is 0.337 e. The molecule has 3 aromatic carbocycles. The predicted molar refractivity (Wildman–Crippen MR) is 129 cm³/mol. The molecule has 0 aliphatic heterocycles. The van der Waals surface area contributed by atoms with Gasteiger partial charge in [-0.05, 0) is 53.4 Å². The Morgan fingerprint density at radius 3 is 2.62 bits per heavy atom. The molecule has 6 nitrogen and oxygen atoms in total. The molecule has 0 spiro atoms. The van der Waals surface area contributed by atoms with Gasteiger partial charge in [-0.15, -0.1) is 0 Å². The van der Waals surface area contributed by atoms with Crippen LogP contribution in [0.3, 0.4) is 0 Å². The Bertz CT molecular complexity index is 1370. The average molecular weight is 452 g/mol.